The van der Waals surface area contributed by atoms with E-state index in [2.05, 4.69) is 0 Å². The lowest BCUT2D eigenvalue weighted by Gasteiger charge is -2.44. The van der Waals surface area contributed by atoms with Crippen molar-refractivity contribution < 1.29 is 28.3 Å². The van der Waals surface area contributed by atoms with Crippen molar-refractivity contribution in [2.24, 2.45) is 0 Å². The van der Waals surface area contributed by atoms with Crippen LogP contribution in [0, 0.1) is 0 Å². The summed E-state index contributed by atoms with van der Waals surface area (Å²) < 4.78 is 38.8. The molecule has 0 spiro atoms. The van der Waals surface area contributed by atoms with E-state index in [0.717, 1.165) is 16.7 Å². The van der Waals surface area contributed by atoms with E-state index >= 15 is 0 Å². The Kier molecular flexibility index (Phi) is 10.3. The summed E-state index contributed by atoms with van der Waals surface area (Å²) in [6, 6.07) is 38.5. The smallest absolute Gasteiger partial charge is 0.166 e. The van der Waals surface area contributed by atoms with Crippen LogP contribution in [0.25, 0.3) is 0 Å². The molecule has 7 heteroatoms. The quantitative estimate of drug-likeness (QED) is 0.256. The predicted octanol–water partition coefficient (Wildman–Crippen LogP) is 5.27. The van der Waals surface area contributed by atoms with Crippen molar-refractivity contribution in [2.45, 2.75) is 54.6 Å². The highest BCUT2D eigenvalue weighted by molar-refractivity contribution is 7.85. The zero-order valence-corrected chi connectivity index (χ0v) is 23.0. The van der Waals surface area contributed by atoms with Crippen LogP contribution >= 0.6 is 0 Å². The maximum atomic E-state index is 13.6. The minimum atomic E-state index is -1.65. The zero-order valence-electron chi connectivity index (χ0n) is 22.2. The average Bonchev–Trinajstić information content (AvgIpc) is 3.02. The van der Waals surface area contributed by atoms with Crippen molar-refractivity contribution >= 4 is 10.8 Å². The number of aliphatic hydroxyl groups is 1. The number of aliphatic hydroxyl groups excluding tert-OH is 1. The normalized spacial score (nSPS) is 23.5. The van der Waals surface area contributed by atoms with E-state index < -0.39 is 40.7 Å². The summed E-state index contributed by atoms with van der Waals surface area (Å²) in [4.78, 5) is 0.570. The first kappa shape index (κ1) is 28.4. The lowest BCUT2D eigenvalue weighted by molar-refractivity contribution is -0.243. The minimum Gasteiger partial charge on any atom is -0.387 e. The summed E-state index contributed by atoms with van der Waals surface area (Å²) in [6.07, 6.45) is -3.30. The van der Waals surface area contributed by atoms with Crippen molar-refractivity contribution in [3.05, 3.63) is 138 Å². The van der Waals surface area contributed by atoms with E-state index in [-0.39, 0.29) is 13.2 Å². The third-order valence-electron chi connectivity index (χ3n) is 6.77. The molecule has 0 amide bonds. The molecule has 1 aliphatic heterocycles. The Balaban J connectivity index is 1.40. The molecule has 0 aromatic heterocycles. The van der Waals surface area contributed by atoms with Crippen molar-refractivity contribution in [2.75, 3.05) is 6.61 Å². The van der Waals surface area contributed by atoms with Gasteiger partial charge in [0.15, 0.2) is 5.44 Å². The van der Waals surface area contributed by atoms with Gasteiger partial charge in [0, 0.05) is 4.90 Å². The molecular formula is C33H34O6S. The molecule has 1 unspecified atom stereocenters. The number of ether oxygens (including phenoxy) is 4. The van der Waals surface area contributed by atoms with Crippen LogP contribution < -0.4 is 0 Å². The van der Waals surface area contributed by atoms with Crippen LogP contribution in [-0.2, 0) is 49.6 Å². The highest BCUT2D eigenvalue weighted by Gasteiger charge is 2.49. The van der Waals surface area contributed by atoms with Crippen LogP contribution in [0.3, 0.4) is 0 Å². The number of rotatable bonds is 12. The van der Waals surface area contributed by atoms with Crippen LogP contribution in [0.15, 0.2) is 126 Å². The molecule has 1 aliphatic rings. The van der Waals surface area contributed by atoms with Crippen molar-refractivity contribution in [1.29, 1.82) is 0 Å². The molecule has 208 valence electrons. The maximum Gasteiger partial charge on any atom is 0.166 e. The molecule has 1 saturated heterocycles. The lowest BCUT2D eigenvalue weighted by Crippen LogP contribution is -2.61. The highest BCUT2D eigenvalue weighted by Crippen LogP contribution is 2.31. The fourth-order valence-corrected chi connectivity index (χ4v) is 6.03. The van der Waals surface area contributed by atoms with Crippen molar-refractivity contribution in [3.8, 4) is 0 Å². The summed E-state index contributed by atoms with van der Waals surface area (Å²) in [5.74, 6) is 0. The molecule has 0 bridgehead atoms. The molecule has 1 heterocycles. The molecule has 5 rings (SSSR count). The summed E-state index contributed by atoms with van der Waals surface area (Å²) in [5, 5.41) is 11.6. The van der Waals surface area contributed by atoms with Gasteiger partial charge < -0.3 is 24.1 Å². The fraction of sp³-hybridized carbons (Fsp3) is 0.273. The highest BCUT2D eigenvalue weighted by atomic mass is 32.2. The van der Waals surface area contributed by atoms with E-state index in [1.54, 1.807) is 12.1 Å². The Bertz CT molecular complexity index is 1310. The van der Waals surface area contributed by atoms with Crippen molar-refractivity contribution in [1.82, 2.24) is 0 Å². The van der Waals surface area contributed by atoms with Gasteiger partial charge in [-0.05, 0) is 28.8 Å². The first-order valence-electron chi connectivity index (χ1n) is 13.4. The Morgan fingerprint density at radius 1 is 0.625 bits per heavy atom. The lowest BCUT2D eigenvalue weighted by atomic mass is 9.99. The number of hydrogen-bond acceptors (Lipinski definition) is 6. The first-order chi connectivity index (χ1) is 19.7. The van der Waals surface area contributed by atoms with E-state index in [1.807, 2.05) is 109 Å². The molecular weight excluding hydrogens is 524 g/mol. The summed E-state index contributed by atoms with van der Waals surface area (Å²) in [7, 11) is -1.65. The van der Waals surface area contributed by atoms with Gasteiger partial charge in [-0.3, -0.25) is 4.21 Å². The van der Waals surface area contributed by atoms with Gasteiger partial charge in [0.25, 0.3) is 0 Å². The van der Waals surface area contributed by atoms with Gasteiger partial charge in [0.2, 0.25) is 0 Å². The Morgan fingerprint density at radius 3 is 1.60 bits per heavy atom. The second kappa shape index (κ2) is 14.5. The standard InChI is InChI=1S/C33H34O6S/c34-30-32(38-23-27-17-9-3-10-18-27)31(37-22-26-15-7-2-8-16-26)29(24-36-21-25-13-5-1-6-14-25)39-33(30)40(35)28-19-11-4-12-20-28/h1-20,29-34H,21-24H2/t29-,30-,31-,32-,33-,40?/m1/s1. The number of hydrogen-bond donors (Lipinski definition) is 1. The Hall–Kier alpha value is -3.17. The summed E-state index contributed by atoms with van der Waals surface area (Å²) in [6.45, 7) is 1.12. The molecule has 4 aromatic carbocycles. The SMILES string of the molecule is O=S(c1ccccc1)[C@H]1O[C@H](COCc2ccccc2)[C@@H](OCc2ccccc2)[C@H](OCc2ccccc2)[C@H]1O. The van der Waals surface area contributed by atoms with Gasteiger partial charge in [-0.1, -0.05) is 109 Å². The molecule has 0 aliphatic carbocycles. The van der Waals surface area contributed by atoms with Crippen LogP contribution in [-0.4, -0.2) is 45.8 Å². The molecule has 1 N–H and O–H groups in total. The third-order valence-corrected chi connectivity index (χ3v) is 8.31. The second-order valence-corrected chi connectivity index (χ2v) is 11.2. The second-order valence-electron chi connectivity index (χ2n) is 9.67. The van der Waals surface area contributed by atoms with Gasteiger partial charge in [-0.2, -0.15) is 0 Å². The van der Waals surface area contributed by atoms with E-state index in [9.17, 15) is 9.32 Å². The maximum absolute atomic E-state index is 13.6. The fourth-order valence-electron chi connectivity index (χ4n) is 4.69. The van der Waals surface area contributed by atoms with Crippen molar-refractivity contribution in [3.63, 3.8) is 0 Å². The summed E-state index contributed by atoms with van der Waals surface area (Å²) >= 11 is 0. The Morgan fingerprint density at radius 2 is 1.07 bits per heavy atom. The Labute approximate surface area is 238 Å². The molecule has 6 atom stereocenters. The van der Waals surface area contributed by atoms with E-state index in [4.69, 9.17) is 18.9 Å². The summed E-state index contributed by atoms with van der Waals surface area (Å²) in [5.41, 5.74) is 1.95. The first-order valence-corrected chi connectivity index (χ1v) is 14.6. The van der Waals surface area contributed by atoms with Gasteiger partial charge >= 0.3 is 0 Å². The largest absolute Gasteiger partial charge is 0.387 e. The van der Waals surface area contributed by atoms with E-state index in [1.165, 1.54) is 0 Å². The third kappa shape index (κ3) is 7.52. The zero-order chi connectivity index (χ0) is 27.6. The van der Waals surface area contributed by atoms with Gasteiger partial charge in [0.1, 0.15) is 24.4 Å². The van der Waals surface area contributed by atoms with E-state index in [0.29, 0.717) is 18.1 Å². The topological polar surface area (TPSA) is 74.2 Å². The average molecular weight is 559 g/mol. The monoisotopic (exact) mass is 558 g/mol. The minimum absolute atomic E-state index is 0.175. The van der Waals surface area contributed by atoms with Crippen LogP contribution in [0.4, 0.5) is 0 Å². The molecule has 4 aromatic rings. The molecule has 0 radical (unpaired) electrons. The molecule has 1 fully saturated rings. The van der Waals surface area contributed by atoms with Crippen LogP contribution in [0.1, 0.15) is 16.7 Å². The molecule has 0 saturated carbocycles. The van der Waals surface area contributed by atoms with Crippen LogP contribution in [0.2, 0.25) is 0 Å². The predicted molar refractivity (Wildman–Crippen MR) is 154 cm³/mol. The molecule has 6 nitrogen and oxygen atoms in total. The number of benzene rings is 4. The van der Waals surface area contributed by atoms with Gasteiger partial charge in [-0.15, -0.1) is 0 Å². The van der Waals surface area contributed by atoms with Gasteiger partial charge in [0.05, 0.1) is 37.2 Å². The van der Waals surface area contributed by atoms with Gasteiger partial charge in [-0.25, -0.2) is 0 Å². The molecule has 40 heavy (non-hydrogen) atoms. The van der Waals surface area contributed by atoms with Crippen LogP contribution in [0.5, 0.6) is 0 Å².